The number of amides is 1. The summed E-state index contributed by atoms with van der Waals surface area (Å²) in [6, 6.07) is 7.98. The van der Waals surface area contributed by atoms with Crippen LogP contribution in [0.3, 0.4) is 0 Å². The van der Waals surface area contributed by atoms with Crippen molar-refractivity contribution >= 4 is 16.8 Å². The highest BCUT2D eigenvalue weighted by Gasteiger charge is 2.51. The van der Waals surface area contributed by atoms with Crippen molar-refractivity contribution in [2.24, 2.45) is 17.8 Å². The molecule has 0 aliphatic heterocycles. The maximum Gasteiger partial charge on any atom is 0.272 e. The maximum absolute atomic E-state index is 13.1. The first-order valence-electron chi connectivity index (χ1n) is 9.55. The summed E-state index contributed by atoms with van der Waals surface area (Å²) in [5.74, 6) is 2.46. The Morgan fingerprint density at radius 3 is 2.48 bits per heavy atom. The number of benzene rings is 1. The summed E-state index contributed by atoms with van der Waals surface area (Å²) in [7, 11) is 0. The molecule has 4 aliphatic rings. The van der Waals surface area contributed by atoms with Crippen LogP contribution >= 0.6 is 0 Å². The number of nitrogens with one attached hydrogen (secondary N) is 1. The highest BCUT2D eigenvalue weighted by Crippen LogP contribution is 2.55. The average Bonchev–Trinajstić information content (AvgIpc) is 2.93. The number of fused-ring (bicyclic) bond motifs is 1. The minimum atomic E-state index is 0.000891. The van der Waals surface area contributed by atoms with E-state index < -0.39 is 0 Å². The van der Waals surface area contributed by atoms with Gasteiger partial charge < -0.3 is 5.32 Å². The molecule has 0 saturated heterocycles. The summed E-state index contributed by atoms with van der Waals surface area (Å²) < 4.78 is 1.87. The lowest BCUT2D eigenvalue weighted by molar-refractivity contribution is -0.0167. The molecule has 6 rings (SSSR count). The van der Waals surface area contributed by atoms with Gasteiger partial charge in [-0.25, -0.2) is 0 Å². The van der Waals surface area contributed by atoms with Gasteiger partial charge in [0.2, 0.25) is 0 Å². The van der Waals surface area contributed by atoms with Crippen LogP contribution in [0.5, 0.6) is 0 Å². The van der Waals surface area contributed by atoms with Gasteiger partial charge in [0.25, 0.3) is 5.91 Å². The molecule has 0 atom stereocenters. The van der Waals surface area contributed by atoms with E-state index >= 15 is 0 Å². The molecule has 1 heterocycles. The number of allylic oxidation sites excluding steroid dienone is 1. The molecule has 2 aromatic rings. The van der Waals surface area contributed by atoms with Gasteiger partial charge in [-0.3, -0.25) is 9.48 Å². The molecule has 1 amide bonds. The van der Waals surface area contributed by atoms with Gasteiger partial charge in [-0.1, -0.05) is 24.3 Å². The molecule has 1 aromatic carbocycles. The lowest BCUT2D eigenvalue weighted by Gasteiger charge is -2.56. The second-order valence-corrected chi connectivity index (χ2v) is 8.49. The average molecular weight is 335 g/mol. The first-order chi connectivity index (χ1) is 12.2. The van der Waals surface area contributed by atoms with Gasteiger partial charge in [-0.2, -0.15) is 5.10 Å². The quantitative estimate of drug-likeness (QED) is 0.861. The molecule has 4 nitrogen and oxygen atoms in total. The number of hydrogen-bond acceptors (Lipinski definition) is 2. The van der Waals surface area contributed by atoms with Crippen molar-refractivity contribution in [2.45, 2.75) is 50.6 Å². The zero-order valence-corrected chi connectivity index (χ0v) is 14.6. The first-order valence-corrected chi connectivity index (χ1v) is 9.55. The zero-order chi connectivity index (χ0) is 17.0. The third-order valence-electron chi connectivity index (χ3n) is 6.59. The van der Waals surface area contributed by atoms with Crippen molar-refractivity contribution < 1.29 is 4.79 Å². The fourth-order valence-corrected chi connectivity index (χ4v) is 6.12. The summed E-state index contributed by atoms with van der Waals surface area (Å²) >= 11 is 0. The number of hydrogen-bond donors (Lipinski definition) is 1. The fourth-order valence-electron chi connectivity index (χ4n) is 6.12. The molecule has 130 valence electrons. The Bertz CT molecular complexity index is 815. The van der Waals surface area contributed by atoms with Gasteiger partial charge in [0.15, 0.2) is 5.69 Å². The van der Waals surface area contributed by atoms with Crippen LogP contribution in [0.2, 0.25) is 0 Å². The van der Waals surface area contributed by atoms with Crippen LogP contribution in [0, 0.1) is 17.8 Å². The number of rotatable bonds is 4. The maximum atomic E-state index is 13.1. The Morgan fingerprint density at radius 1 is 1.20 bits per heavy atom. The molecule has 0 unspecified atom stereocenters. The van der Waals surface area contributed by atoms with Gasteiger partial charge in [0, 0.05) is 10.9 Å². The molecular weight excluding hydrogens is 310 g/mol. The van der Waals surface area contributed by atoms with Crippen molar-refractivity contribution in [1.82, 2.24) is 15.1 Å². The van der Waals surface area contributed by atoms with Crippen LogP contribution in [0.25, 0.3) is 10.9 Å². The van der Waals surface area contributed by atoms with E-state index in [0.29, 0.717) is 12.2 Å². The summed E-state index contributed by atoms with van der Waals surface area (Å²) in [6.45, 7) is 4.42. The summed E-state index contributed by atoms with van der Waals surface area (Å²) in [6.07, 6.45) is 9.45. The van der Waals surface area contributed by atoms with E-state index in [1.807, 2.05) is 35.0 Å². The standard InChI is InChI=1S/C21H25N3O/c1-2-7-24-18-6-4-3-5-17(18)19(23-24)20(25)22-21-11-14-8-15(12-21)10-16(9-14)13-21/h2-6,14-16H,1,7-13H2,(H,22,25). The number of carbonyl (C=O) groups excluding carboxylic acids is 1. The summed E-state index contributed by atoms with van der Waals surface area (Å²) in [5.41, 5.74) is 1.58. The number of aromatic nitrogens is 2. The van der Waals surface area contributed by atoms with Crippen LogP contribution in [-0.4, -0.2) is 21.2 Å². The molecule has 1 N–H and O–H groups in total. The van der Waals surface area contributed by atoms with E-state index in [9.17, 15) is 4.79 Å². The van der Waals surface area contributed by atoms with Crippen LogP contribution < -0.4 is 5.32 Å². The van der Waals surface area contributed by atoms with E-state index in [1.54, 1.807) is 0 Å². The van der Waals surface area contributed by atoms with Crippen molar-refractivity contribution in [2.75, 3.05) is 0 Å². The minimum Gasteiger partial charge on any atom is -0.345 e. The normalized spacial score (nSPS) is 32.9. The molecule has 4 fully saturated rings. The highest BCUT2D eigenvalue weighted by atomic mass is 16.2. The Balaban J connectivity index is 1.47. The minimum absolute atomic E-state index is 0.000891. The van der Waals surface area contributed by atoms with Crippen LogP contribution in [0.1, 0.15) is 49.0 Å². The Hall–Kier alpha value is -2.10. The van der Waals surface area contributed by atoms with Gasteiger partial charge in [-0.15, -0.1) is 6.58 Å². The Labute approximate surface area is 148 Å². The van der Waals surface area contributed by atoms with Crippen LogP contribution in [0.15, 0.2) is 36.9 Å². The SMILES string of the molecule is C=CCn1nc(C(=O)NC23CC4CC(CC(C4)C2)C3)c2ccccc21. The lowest BCUT2D eigenvalue weighted by Crippen LogP contribution is -2.59. The molecular formula is C21H25N3O. The number of nitrogens with zero attached hydrogens (tertiary/aromatic N) is 2. The molecule has 4 saturated carbocycles. The Kier molecular flexibility index (Phi) is 3.31. The van der Waals surface area contributed by atoms with Gasteiger partial charge in [-0.05, 0) is 62.3 Å². The van der Waals surface area contributed by atoms with Gasteiger partial charge in [0.05, 0.1) is 12.1 Å². The van der Waals surface area contributed by atoms with E-state index in [4.69, 9.17) is 0 Å². The third kappa shape index (κ3) is 2.42. The number of carbonyl (C=O) groups is 1. The lowest BCUT2D eigenvalue weighted by atomic mass is 9.53. The van der Waals surface area contributed by atoms with Crippen molar-refractivity contribution in [3.63, 3.8) is 0 Å². The van der Waals surface area contributed by atoms with Crippen molar-refractivity contribution in [3.05, 3.63) is 42.6 Å². The Morgan fingerprint density at radius 2 is 1.84 bits per heavy atom. The van der Waals surface area contributed by atoms with Gasteiger partial charge >= 0.3 is 0 Å². The van der Waals surface area contributed by atoms with Crippen LogP contribution in [-0.2, 0) is 6.54 Å². The van der Waals surface area contributed by atoms with E-state index in [2.05, 4.69) is 17.0 Å². The highest BCUT2D eigenvalue weighted by molar-refractivity contribution is 6.05. The topological polar surface area (TPSA) is 46.9 Å². The first kappa shape index (κ1) is 15.2. The fraction of sp³-hybridized carbons (Fsp3) is 0.524. The summed E-state index contributed by atoms with van der Waals surface area (Å²) in [5, 5.41) is 9.00. The predicted molar refractivity (Wildman–Crippen MR) is 98.3 cm³/mol. The van der Waals surface area contributed by atoms with E-state index in [0.717, 1.165) is 47.9 Å². The molecule has 4 heteroatoms. The summed E-state index contributed by atoms with van der Waals surface area (Å²) in [4.78, 5) is 13.1. The van der Waals surface area contributed by atoms with Crippen molar-refractivity contribution in [3.8, 4) is 0 Å². The predicted octanol–water partition coefficient (Wildman–Crippen LogP) is 3.92. The second kappa shape index (κ2) is 5.45. The second-order valence-electron chi connectivity index (χ2n) is 8.49. The molecule has 1 aromatic heterocycles. The zero-order valence-electron chi connectivity index (χ0n) is 14.6. The number of para-hydroxylation sites is 1. The third-order valence-corrected chi connectivity index (χ3v) is 6.59. The van der Waals surface area contributed by atoms with E-state index in [-0.39, 0.29) is 11.4 Å². The van der Waals surface area contributed by atoms with Crippen molar-refractivity contribution in [1.29, 1.82) is 0 Å². The molecule has 4 bridgehead atoms. The van der Waals surface area contributed by atoms with Gasteiger partial charge in [0.1, 0.15) is 0 Å². The molecule has 4 aliphatic carbocycles. The molecule has 0 spiro atoms. The molecule has 0 radical (unpaired) electrons. The monoisotopic (exact) mass is 335 g/mol. The molecule has 25 heavy (non-hydrogen) atoms. The largest absolute Gasteiger partial charge is 0.345 e. The van der Waals surface area contributed by atoms with Crippen LogP contribution in [0.4, 0.5) is 0 Å². The smallest absolute Gasteiger partial charge is 0.272 e. The van der Waals surface area contributed by atoms with E-state index in [1.165, 1.54) is 19.3 Å².